The van der Waals surface area contributed by atoms with Crippen molar-refractivity contribution in [3.05, 3.63) is 48.0 Å². The van der Waals surface area contributed by atoms with Crippen molar-refractivity contribution < 1.29 is 14.3 Å². The summed E-state index contributed by atoms with van der Waals surface area (Å²) in [5, 5.41) is 16.0. The molecule has 1 aromatic carbocycles. The van der Waals surface area contributed by atoms with Gasteiger partial charge in [-0.3, -0.25) is 0 Å². The van der Waals surface area contributed by atoms with E-state index in [9.17, 15) is 14.3 Å². The monoisotopic (exact) mass is 394 g/mol. The molecule has 0 aliphatic heterocycles. The number of carboxylic acids is 1. The summed E-state index contributed by atoms with van der Waals surface area (Å²) >= 11 is 0. The molecule has 150 valence electrons. The maximum absolute atomic E-state index is 14.9. The third-order valence-corrected chi connectivity index (χ3v) is 8.19. The largest absolute Gasteiger partial charge is 0.478 e. The van der Waals surface area contributed by atoms with Gasteiger partial charge in [-0.05, 0) is 73.5 Å². The maximum atomic E-state index is 14.9. The summed E-state index contributed by atoms with van der Waals surface area (Å²) in [6, 6.07) is 4.87. The van der Waals surface area contributed by atoms with E-state index >= 15 is 0 Å². The van der Waals surface area contributed by atoms with Crippen LogP contribution in [-0.2, 0) is 0 Å². The highest BCUT2D eigenvalue weighted by atomic mass is 19.1. The smallest absolute Gasteiger partial charge is 0.335 e. The van der Waals surface area contributed by atoms with Gasteiger partial charge in [0.1, 0.15) is 6.33 Å². The molecule has 3 N–H and O–H groups in total. The summed E-state index contributed by atoms with van der Waals surface area (Å²) in [6.45, 7) is 0. The van der Waals surface area contributed by atoms with Gasteiger partial charge in [0.15, 0.2) is 6.30 Å². The number of carbonyl (C=O) groups is 1. The predicted molar refractivity (Wildman–Crippen MR) is 105 cm³/mol. The highest BCUT2D eigenvalue weighted by molar-refractivity contribution is 5.91. The molecule has 1 spiro atoms. The number of fused-ring (bicyclic) bond motifs is 1. The van der Waals surface area contributed by atoms with E-state index in [1.54, 1.807) is 12.1 Å². The lowest BCUT2D eigenvalue weighted by Gasteiger charge is -2.73. The molecule has 4 aliphatic rings. The standard InChI is InChI=1S/C22H23FN4O2/c23-19(14-9-24-11-25-10-14)26-18-4-13(20(28)29)1-2-17(18)27-21-6-12-3-15-5-16(8-21)22(15,21)7-12/h1-2,4,9-12,15-16,19,26-27H,3,5-8H2,(H,28,29). The summed E-state index contributed by atoms with van der Waals surface area (Å²) in [6.07, 6.45) is 9.05. The van der Waals surface area contributed by atoms with Gasteiger partial charge in [0.25, 0.3) is 0 Å². The molecule has 0 radical (unpaired) electrons. The lowest BCUT2D eigenvalue weighted by atomic mass is 9.35. The summed E-state index contributed by atoms with van der Waals surface area (Å²) in [4.78, 5) is 19.2. The second-order valence-electron chi connectivity index (χ2n) is 9.34. The Hall–Kier alpha value is -2.70. The van der Waals surface area contributed by atoms with Crippen molar-refractivity contribution in [1.29, 1.82) is 0 Å². The molecular weight excluding hydrogens is 371 g/mol. The van der Waals surface area contributed by atoms with Crippen molar-refractivity contribution in [1.82, 2.24) is 9.97 Å². The SMILES string of the molecule is O=C(O)c1ccc(NC23CC4CC5CC(C2)C53C4)c(NC(F)c2cncnc2)c1. The Labute approximate surface area is 168 Å². The van der Waals surface area contributed by atoms with E-state index in [4.69, 9.17) is 0 Å². The first-order valence-corrected chi connectivity index (χ1v) is 10.3. The van der Waals surface area contributed by atoms with Gasteiger partial charge in [0.2, 0.25) is 0 Å². The lowest BCUT2D eigenvalue weighted by molar-refractivity contribution is -0.181. The van der Waals surface area contributed by atoms with Crippen LogP contribution >= 0.6 is 0 Å². The minimum absolute atomic E-state index is 0.0896. The van der Waals surface area contributed by atoms with Crippen molar-refractivity contribution in [3.8, 4) is 0 Å². The van der Waals surface area contributed by atoms with Crippen LogP contribution in [0.15, 0.2) is 36.9 Å². The van der Waals surface area contributed by atoms with Crippen LogP contribution in [0, 0.1) is 23.2 Å². The Morgan fingerprint density at radius 1 is 1.14 bits per heavy atom. The number of aromatic nitrogens is 2. The zero-order valence-corrected chi connectivity index (χ0v) is 15.9. The molecule has 29 heavy (non-hydrogen) atoms. The quantitative estimate of drug-likeness (QED) is 0.635. The zero-order valence-electron chi connectivity index (χ0n) is 15.9. The van der Waals surface area contributed by atoms with Crippen LogP contribution in [0.3, 0.4) is 0 Å². The van der Waals surface area contributed by atoms with Crippen molar-refractivity contribution >= 4 is 17.3 Å². The van der Waals surface area contributed by atoms with Crippen molar-refractivity contribution in [2.75, 3.05) is 10.6 Å². The van der Waals surface area contributed by atoms with Gasteiger partial charge in [-0.2, -0.15) is 0 Å². The van der Waals surface area contributed by atoms with Gasteiger partial charge >= 0.3 is 5.97 Å². The number of carboxylic acid groups (broad SMARTS) is 1. The van der Waals surface area contributed by atoms with Gasteiger partial charge in [-0.1, -0.05) is 0 Å². The van der Waals surface area contributed by atoms with Gasteiger partial charge in [0.05, 0.1) is 16.9 Å². The second-order valence-corrected chi connectivity index (χ2v) is 9.34. The molecule has 4 fully saturated rings. The predicted octanol–water partition coefficient (Wildman–Crippen LogP) is 4.25. The van der Waals surface area contributed by atoms with Crippen molar-refractivity contribution in [2.24, 2.45) is 23.2 Å². The third-order valence-electron chi connectivity index (χ3n) is 8.19. The molecule has 7 heteroatoms. The summed E-state index contributed by atoms with van der Waals surface area (Å²) in [7, 11) is 0. The molecule has 1 heterocycles. The molecule has 6 unspecified atom stereocenters. The number of hydrogen-bond donors (Lipinski definition) is 3. The highest BCUT2D eigenvalue weighted by Crippen LogP contribution is 2.83. The van der Waals surface area contributed by atoms with E-state index in [-0.39, 0.29) is 11.1 Å². The van der Waals surface area contributed by atoms with Crippen LogP contribution in [0.1, 0.15) is 54.3 Å². The number of benzene rings is 1. The Morgan fingerprint density at radius 2 is 1.97 bits per heavy atom. The normalized spacial score (nSPS) is 36.5. The number of aromatic carboxylic acids is 1. The molecule has 0 amide bonds. The average molecular weight is 394 g/mol. The minimum atomic E-state index is -1.53. The zero-order chi connectivity index (χ0) is 19.8. The van der Waals surface area contributed by atoms with E-state index < -0.39 is 12.3 Å². The van der Waals surface area contributed by atoms with Crippen molar-refractivity contribution in [3.63, 3.8) is 0 Å². The van der Waals surface area contributed by atoms with Crippen LogP contribution in [-0.4, -0.2) is 26.6 Å². The Bertz CT molecular complexity index is 1000. The maximum Gasteiger partial charge on any atom is 0.335 e. The average Bonchev–Trinajstić information content (AvgIpc) is 3.19. The molecule has 0 saturated heterocycles. The third kappa shape index (κ3) is 2.18. The fraction of sp³-hybridized carbons (Fsp3) is 0.500. The van der Waals surface area contributed by atoms with Crippen LogP contribution in [0.5, 0.6) is 0 Å². The van der Waals surface area contributed by atoms with E-state index in [0.29, 0.717) is 16.7 Å². The van der Waals surface area contributed by atoms with Gasteiger partial charge in [-0.15, -0.1) is 0 Å². The Morgan fingerprint density at radius 3 is 2.69 bits per heavy atom. The first-order valence-electron chi connectivity index (χ1n) is 10.3. The molecule has 6 rings (SSSR count). The molecule has 2 bridgehead atoms. The number of anilines is 2. The number of hydrogen-bond acceptors (Lipinski definition) is 5. The number of nitrogens with one attached hydrogen (secondary N) is 2. The van der Waals surface area contributed by atoms with Crippen LogP contribution in [0.4, 0.5) is 15.8 Å². The Kier molecular flexibility index (Phi) is 3.36. The molecule has 2 aromatic rings. The first-order chi connectivity index (χ1) is 14.0. The fourth-order valence-corrected chi connectivity index (χ4v) is 7.23. The summed E-state index contributed by atoms with van der Waals surface area (Å²) in [5.74, 6) is 1.43. The van der Waals surface area contributed by atoms with Gasteiger partial charge in [-0.25, -0.2) is 19.2 Å². The first kappa shape index (κ1) is 17.2. The molecule has 6 nitrogen and oxygen atoms in total. The summed E-state index contributed by atoms with van der Waals surface area (Å²) in [5.41, 5.74) is 2.19. The topological polar surface area (TPSA) is 87.1 Å². The van der Waals surface area contributed by atoms with E-state index in [1.807, 2.05) is 0 Å². The number of rotatable bonds is 6. The van der Waals surface area contributed by atoms with Gasteiger partial charge in [0, 0.05) is 23.5 Å². The minimum Gasteiger partial charge on any atom is -0.478 e. The lowest BCUT2D eigenvalue weighted by Crippen LogP contribution is -2.73. The van der Waals surface area contributed by atoms with E-state index in [2.05, 4.69) is 20.6 Å². The fourth-order valence-electron chi connectivity index (χ4n) is 7.23. The molecule has 1 aromatic heterocycles. The molecular formula is C22H23FN4O2. The van der Waals surface area contributed by atoms with Crippen LogP contribution < -0.4 is 10.6 Å². The van der Waals surface area contributed by atoms with E-state index in [0.717, 1.165) is 23.4 Å². The number of halogens is 1. The van der Waals surface area contributed by atoms with Crippen LogP contribution in [0.2, 0.25) is 0 Å². The molecule has 4 saturated carbocycles. The molecule has 4 aliphatic carbocycles. The molecule has 6 atom stereocenters. The summed E-state index contributed by atoms with van der Waals surface area (Å²) < 4.78 is 14.9. The Balaban J connectivity index is 1.32. The van der Waals surface area contributed by atoms with Crippen molar-refractivity contribution in [2.45, 2.75) is 43.9 Å². The number of alkyl halides is 1. The van der Waals surface area contributed by atoms with Crippen LogP contribution in [0.25, 0.3) is 0 Å². The second kappa shape index (κ2) is 5.68. The number of nitrogens with zero attached hydrogens (tertiary/aromatic N) is 2. The van der Waals surface area contributed by atoms with E-state index in [1.165, 1.54) is 56.9 Å². The highest BCUT2D eigenvalue weighted by Gasteiger charge is 2.80. The van der Waals surface area contributed by atoms with Gasteiger partial charge < -0.3 is 15.7 Å².